The lowest BCUT2D eigenvalue weighted by molar-refractivity contribution is -0.870. The molecule has 10 heteroatoms. The van der Waals surface area contributed by atoms with Crippen LogP contribution in [-0.2, 0) is 27.9 Å². The number of carbonyl (C=O) groups excluding carboxylic acids is 2. The number of nitrogens with zero attached hydrogens (tertiary/aromatic N) is 1. The van der Waals surface area contributed by atoms with Crippen molar-refractivity contribution in [2.75, 3.05) is 40.9 Å². The zero-order valence-electron chi connectivity index (χ0n) is 55.2. The molecule has 0 fully saturated rings. The van der Waals surface area contributed by atoms with E-state index in [1.807, 2.05) is 33.3 Å². The molecule has 0 aromatic carbocycles. The van der Waals surface area contributed by atoms with Gasteiger partial charge in [0.1, 0.15) is 19.3 Å². The molecule has 2 N–H and O–H groups in total. The third-order valence-corrected chi connectivity index (χ3v) is 16.3. The quantitative estimate of drug-likeness (QED) is 0.0205. The van der Waals surface area contributed by atoms with Gasteiger partial charge in [-0.2, -0.15) is 0 Å². The lowest BCUT2D eigenvalue weighted by Crippen LogP contribution is -2.47. The molecule has 0 radical (unpaired) electrons. The van der Waals surface area contributed by atoms with Gasteiger partial charge in [-0.05, 0) is 109 Å². The predicted molar refractivity (Wildman–Crippen MR) is 360 cm³/mol. The highest BCUT2D eigenvalue weighted by atomic mass is 31.2. The number of rotatable bonds is 63. The van der Waals surface area contributed by atoms with E-state index in [1.165, 1.54) is 186 Å². The Balaban J connectivity index is 5.10. The zero-order chi connectivity index (χ0) is 60.7. The summed E-state index contributed by atoms with van der Waals surface area (Å²) in [5, 5.41) is 3.07. The smallest absolute Gasteiger partial charge is 0.456 e. The number of esters is 1. The molecule has 0 heterocycles. The van der Waals surface area contributed by atoms with Crippen molar-refractivity contribution in [3.8, 4) is 0 Å². The summed E-state index contributed by atoms with van der Waals surface area (Å²) in [6.07, 6.45) is 83.0. The van der Waals surface area contributed by atoms with Crippen molar-refractivity contribution < 1.29 is 37.3 Å². The summed E-state index contributed by atoms with van der Waals surface area (Å²) in [4.78, 5) is 37.9. The zero-order valence-corrected chi connectivity index (χ0v) is 56.1. The molecule has 0 rings (SSSR count). The lowest BCUT2D eigenvalue weighted by Gasteiger charge is -2.27. The highest BCUT2D eigenvalue weighted by Gasteiger charge is 2.30. The summed E-state index contributed by atoms with van der Waals surface area (Å²) in [5.74, 6) is -0.512. The number of allylic oxidation sites excluding steroid dienone is 13. The van der Waals surface area contributed by atoms with Crippen LogP contribution in [-0.4, -0.2) is 74.3 Å². The molecule has 0 aromatic heterocycles. The van der Waals surface area contributed by atoms with Crippen molar-refractivity contribution in [3.05, 3.63) is 85.1 Å². The van der Waals surface area contributed by atoms with Crippen LogP contribution in [0, 0.1) is 0 Å². The van der Waals surface area contributed by atoms with Gasteiger partial charge in [-0.3, -0.25) is 18.6 Å². The van der Waals surface area contributed by atoms with E-state index in [2.05, 4.69) is 99.0 Å². The fourth-order valence-electron chi connectivity index (χ4n) is 9.90. The van der Waals surface area contributed by atoms with Crippen LogP contribution in [0.15, 0.2) is 85.1 Å². The van der Waals surface area contributed by atoms with Gasteiger partial charge < -0.3 is 19.4 Å². The minimum Gasteiger partial charge on any atom is -0.456 e. The molecule has 3 atom stereocenters. The van der Waals surface area contributed by atoms with Crippen LogP contribution < -0.4 is 5.32 Å². The maximum absolute atomic E-state index is 13.6. The third kappa shape index (κ3) is 63.5. The minimum absolute atomic E-state index is 0.0358. The van der Waals surface area contributed by atoms with E-state index < -0.39 is 20.0 Å². The number of phosphoric acid groups is 1. The summed E-state index contributed by atoms with van der Waals surface area (Å²) in [5.41, 5.74) is 0. The molecule has 0 aliphatic carbocycles. The van der Waals surface area contributed by atoms with Gasteiger partial charge in [0, 0.05) is 12.8 Å². The first-order chi connectivity index (χ1) is 40.4. The molecule has 0 spiro atoms. The maximum atomic E-state index is 13.6. The molecule has 0 aliphatic heterocycles. The van der Waals surface area contributed by atoms with Crippen LogP contribution in [0.3, 0.4) is 0 Å². The number of quaternary nitrogens is 1. The van der Waals surface area contributed by atoms with Crippen LogP contribution in [0.4, 0.5) is 0 Å². The van der Waals surface area contributed by atoms with Gasteiger partial charge >= 0.3 is 13.8 Å². The van der Waals surface area contributed by atoms with Crippen molar-refractivity contribution in [1.82, 2.24) is 5.32 Å². The van der Waals surface area contributed by atoms with Gasteiger partial charge in [-0.25, -0.2) is 4.57 Å². The molecule has 0 aliphatic rings. The first kappa shape index (κ1) is 80.2. The predicted octanol–water partition coefficient (Wildman–Crippen LogP) is 22.1. The van der Waals surface area contributed by atoms with Crippen molar-refractivity contribution >= 4 is 19.7 Å². The Bertz CT molecular complexity index is 1700. The van der Waals surface area contributed by atoms with E-state index in [4.69, 9.17) is 13.8 Å². The summed E-state index contributed by atoms with van der Waals surface area (Å²) >= 11 is 0. The van der Waals surface area contributed by atoms with Crippen molar-refractivity contribution in [2.24, 2.45) is 0 Å². The highest BCUT2D eigenvalue weighted by molar-refractivity contribution is 7.47. The Kier molecular flexibility index (Phi) is 60.1. The molecule has 1 amide bonds. The molecule has 482 valence electrons. The monoisotopic (exact) mass is 1180 g/mol. The first-order valence-corrected chi connectivity index (χ1v) is 36.4. The van der Waals surface area contributed by atoms with Gasteiger partial charge in [0.2, 0.25) is 5.91 Å². The second kappa shape index (κ2) is 62.2. The van der Waals surface area contributed by atoms with Crippen molar-refractivity contribution in [1.29, 1.82) is 0 Å². The number of amides is 1. The van der Waals surface area contributed by atoms with Gasteiger partial charge in [0.05, 0.1) is 33.8 Å². The SMILES string of the molecule is CCCCC/C=C\C/C=C\C/C=C\C/C=C\CCCCCCCCCCCCCC(=O)NC(COP(=O)(O)OCC[N+](C)(C)C)C(/C=C\CCCCCCCCCCCCC)OC(=O)CCCCCCCCC/C=C\C/C=C\CCCCC. The molecule has 3 unspecified atom stereocenters. The Morgan fingerprint density at radius 2 is 0.735 bits per heavy atom. The highest BCUT2D eigenvalue weighted by Crippen LogP contribution is 2.43. The Hall–Kier alpha value is -2.81. The van der Waals surface area contributed by atoms with E-state index in [-0.39, 0.29) is 31.5 Å². The fraction of sp³-hybridized carbons (Fsp3) is 0.781. The first-order valence-electron chi connectivity index (χ1n) is 34.9. The molecule has 9 nitrogen and oxygen atoms in total. The molecular formula is C73H134N2O7P+. The largest absolute Gasteiger partial charge is 0.472 e. The number of likely N-dealkylation sites (N-methyl/N-ethyl adjacent to an activating group) is 1. The Labute approximate surface area is 514 Å². The minimum atomic E-state index is -4.46. The summed E-state index contributed by atoms with van der Waals surface area (Å²) in [7, 11) is 1.49. The summed E-state index contributed by atoms with van der Waals surface area (Å²) in [6, 6.07) is -0.858. The molecule has 0 saturated carbocycles. The van der Waals surface area contributed by atoms with E-state index in [0.29, 0.717) is 17.4 Å². The second-order valence-electron chi connectivity index (χ2n) is 24.7. The molecule has 0 saturated heterocycles. The maximum Gasteiger partial charge on any atom is 0.472 e. The number of phosphoric ester groups is 1. The standard InChI is InChI=1S/C73H133N2O7P/c1-7-10-13-16-19-22-25-28-30-32-33-34-35-36-37-38-39-40-41-43-44-47-50-53-56-59-62-65-72(76)74-70(69-81-83(78,79)80-68-67-75(4,5)6)71(64-61-58-55-52-49-46-27-24-21-18-15-12-9-3)82-73(77)66-63-60-57-54-51-48-45-42-31-29-26-23-20-17-14-11-8-2/h19-20,22-23,28-31,33-34,36-37,61,64,70-71H,7-18,21,24-27,32,35,38-60,62-63,65-69H2,1-6H3,(H-,74,76,78,79)/p+1/b22-19-,23-20-,30-28-,31-29-,34-33-,37-36-,64-61-. The lowest BCUT2D eigenvalue weighted by atomic mass is 10.0. The van der Waals surface area contributed by atoms with E-state index in [9.17, 15) is 19.0 Å². The number of hydrogen-bond acceptors (Lipinski definition) is 6. The average Bonchev–Trinajstić information content (AvgIpc) is 3.47. The van der Waals surface area contributed by atoms with Crippen LogP contribution in [0.2, 0.25) is 0 Å². The van der Waals surface area contributed by atoms with E-state index in [0.717, 1.165) is 96.3 Å². The van der Waals surface area contributed by atoms with E-state index in [1.54, 1.807) is 0 Å². The topological polar surface area (TPSA) is 111 Å². The number of nitrogens with one attached hydrogen (secondary N) is 1. The van der Waals surface area contributed by atoms with Crippen LogP contribution in [0.5, 0.6) is 0 Å². The Morgan fingerprint density at radius 3 is 1.12 bits per heavy atom. The fourth-order valence-corrected chi connectivity index (χ4v) is 10.6. The number of hydrogen-bond donors (Lipinski definition) is 2. The van der Waals surface area contributed by atoms with Gasteiger partial charge in [0.25, 0.3) is 0 Å². The normalized spacial score (nSPS) is 14.1. The van der Waals surface area contributed by atoms with Gasteiger partial charge in [0.15, 0.2) is 0 Å². The number of ether oxygens (including phenoxy) is 1. The third-order valence-electron chi connectivity index (χ3n) is 15.3. The molecule has 0 aromatic rings. The van der Waals surface area contributed by atoms with Crippen LogP contribution in [0.25, 0.3) is 0 Å². The van der Waals surface area contributed by atoms with Crippen LogP contribution in [0.1, 0.15) is 316 Å². The average molecular weight is 1180 g/mol. The Morgan fingerprint density at radius 1 is 0.422 bits per heavy atom. The van der Waals surface area contributed by atoms with Gasteiger partial charge in [-0.1, -0.05) is 280 Å². The summed E-state index contributed by atoms with van der Waals surface area (Å²) < 4.78 is 30.8. The van der Waals surface area contributed by atoms with E-state index >= 15 is 0 Å². The summed E-state index contributed by atoms with van der Waals surface area (Å²) in [6.45, 7) is 6.98. The van der Waals surface area contributed by atoms with Gasteiger partial charge in [-0.15, -0.1) is 0 Å². The molecule has 83 heavy (non-hydrogen) atoms. The molecular weight excluding hydrogens is 1050 g/mol. The van der Waals surface area contributed by atoms with Crippen LogP contribution >= 0.6 is 7.82 Å². The number of unbranched alkanes of at least 4 members (excludes halogenated alkanes) is 35. The number of carbonyl (C=O) groups is 2. The second-order valence-corrected chi connectivity index (χ2v) is 26.1. The van der Waals surface area contributed by atoms with Crippen molar-refractivity contribution in [3.63, 3.8) is 0 Å². The van der Waals surface area contributed by atoms with Crippen molar-refractivity contribution in [2.45, 2.75) is 328 Å². The molecule has 0 bridgehead atoms.